The van der Waals surface area contributed by atoms with Crippen LogP contribution in [0.4, 0.5) is 11.4 Å². The van der Waals surface area contributed by atoms with E-state index < -0.39 is 0 Å². The monoisotopic (exact) mass is 385 g/mol. The van der Waals surface area contributed by atoms with Gasteiger partial charge in [0.2, 0.25) is 0 Å². The van der Waals surface area contributed by atoms with E-state index in [1.54, 1.807) is 0 Å². The van der Waals surface area contributed by atoms with Crippen LogP contribution in [-0.4, -0.2) is 48.8 Å². The summed E-state index contributed by atoms with van der Waals surface area (Å²) in [5.41, 5.74) is 3.07. The molecule has 27 heavy (non-hydrogen) atoms. The van der Waals surface area contributed by atoms with Gasteiger partial charge in [0.05, 0.1) is 17.3 Å². The lowest BCUT2D eigenvalue weighted by Gasteiger charge is -2.30. The molecule has 1 fully saturated rings. The number of halogens is 1. The minimum absolute atomic E-state index is 0. The lowest BCUT2D eigenvalue weighted by atomic mass is 10.1. The van der Waals surface area contributed by atoms with Crippen molar-refractivity contribution in [3.05, 3.63) is 60.4 Å². The molecule has 1 aliphatic heterocycles. The first-order valence-corrected chi connectivity index (χ1v) is 8.87. The molecule has 0 bridgehead atoms. The first kappa shape index (κ1) is 19.4. The van der Waals surface area contributed by atoms with Gasteiger partial charge in [-0.2, -0.15) is 4.98 Å². The Morgan fingerprint density at radius 1 is 1.11 bits per heavy atom. The van der Waals surface area contributed by atoms with E-state index in [4.69, 9.17) is 9.51 Å². The first-order chi connectivity index (χ1) is 12.7. The van der Waals surface area contributed by atoms with Crippen LogP contribution < -0.4 is 10.2 Å². The Balaban J connectivity index is 0.00000210. The molecule has 142 valence electrons. The summed E-state index contributed by atoms with van der Waals surface area (Å²) in [5.74, 6) is 1.28. The molecule has 1 unspecified atom stereocenters. The van der Waals surface area contributed by atoms with E-state index >= 15 is 0 Å². The fraction of sp³-hybridized carbons (Fsp3) is 0.300. The third-order valence-electron chi connectivity index (χ3n) is 4.89. The Kier molecular flexibility index (Phi) is 6.11. The van der Waals surface area contributed by atoms with Crippen molar-refractivity contribution in [2.24, 2.45) is 0 Å². The van der Waals surface area contributed by atoms with Gasteiger partial charge < -0.3 is 14.7 Å². The van der Waals surface area contributed by atoms with Crippen LogP contribution in [0.5, 0.6) is 0 Å². The number of hydrogen-bond donors (Lipinski definition) is 1. The molecule has 1 atom stereocenters. The van der Waals surface area contributed by atoms with Crippen LogP contribution in [0.3, 0.4) is 0 Å². The summed E-state index contributed by atoms with van der Waals surface area (Å²) in [7, 11) is 4.14. The molecule has 1 N–H and O–H groups in total. The van der Waals surface area contributed by atoms with Gasteiger partial charge in [0.15, 0.2) is 5.82 Å². The summed E-state index contributed by atoms with van der Waals surface area (Å²) in [4.78, 5) is 9.09. The Labute approximate surface area is 165 Å². The zero-order chi connectivity index (χ0) is 17.9. The summed E-state index contributed by atoms with van der Waals surface area (Å²) in [6.07, 6.45) is 0. The fourth-order valence-electron chi connectivity index (χ4n) is 3.31. The van der Waals surface area contributed by atoms with Gasteiger partial charge >= 0.3 is 0 Å². The van der Waals surface area contributed by atoms with Gasteiger partial charge in [-0.25, -0.2) is 0 Å². The number of likely N-dealkylation sites (N-methyl/N-ethyl adjacent to an activating group) is 1. The zero-order valence-corrected chi connectivity index (χ0v) is 16.3. The number of anilines is 2. The third-order valence-corrected chi connectivity index (χ3v) is 4.89. The average molecular weight is 386 g/mol. The van der Waals surface area contributed by atoms with Crippen LogP contribution in [0.1, 0.15) is 11.9 Å². The number of piperazine rings is 1. The van der Waals surface area contributed by atoms with Gasteiger partial charge in [0, 0.05) is 32.4 Å². The van der Waals surface area contributed by atoms with E-state index in [-0.39, 0.29) is 18.4 Å². The highest BCUT2D eigenvalue weighted by Gasteiger charge is 2.26. The molecule has 0 radical (unpaired) electrons. The third kappa shape index (κ3) is 3.98. The van der Waals surface area contributed by atoms with Crippen molar-refractivity contribution in [1.82, 2.24) is 20.4 Å². The first-order valence-electron chi connectivity index (χ1n) is 8.87. The average Bonchev–Trinajstić information content (AvgIpc) is 3.18. The van der Waals surface area contributed by atoms with Gasteiger partial charge in [-0.15, -0.1) is 12.4 Å². The van der Waals surface area contributed by atoms with E-state index in [0.29, 0.717) is 5.89 Å². The number of aromatic nitrogens is 2. The van der Waals surface area contributed by atoms with E-state index in [9.17, 15) is 0 Å². The number of nitrogens with one attached hydrogen (secondary N) is 1. The zero-order valence-electron chi connectivity index (χ0n) is 15.5. The highest BCUT2D eigenvalue weighted by molar-refractivity contribution is 5.85. The van der Waals surface area contributed by atoms with Crippen molar-refractivity contribution >= 4 is 23.8 Å². The molecule has 6 nitrogen and oxygen atoms in total. The number of para-hydroxylation sites is 2. The summed E-state index contributed by atoms with van der Waals surface area (Å²) in [5, 5.41) is 7.65. The predicted molar refractivity (Wildman–Crippen MR) is 110 cm³/mol. The van der Waals surface area contributed by atoms with Gasteiger partial charge in [-0.05, 0) is 31.3 Å². The maximum Gasteiger partial charge on any atom is 0.260 e. The summed E-state index contributed by atoms with van der Waals surface area (Å²) < 4.78 is 5.64. The minimum Gasteiger partial charge on any atom is -0.344 e. The van der Waals surface area contributed by atoms with Crippen molar-refractivity contribution in [2.45, 2.75) is 6.04 Å². The van der Waals surface area contributed by atoms with Crippen LogP contribution >= 0.6 is 12.4 Å². The maximum atomic E-state index is 5.64. The Morgan fingerprint density at radius 3 is 2.63 bits per heavy atom. The maximum absolute atomic E-state index is 5.64. The number of hydrogen-bond acceptors (Lipinski definition) is 6. The number of benzene rings is 2. The van der Waals surface area contributed by atoms with E-state index in [1.165, 1.54) is 0 Å². The van der Waals surface area contributed by atoms with E-state index in [0.717, 1.165) is 42.4 Å². The van der Waals surface area contributed by atoms with Crippen molar-refractivity contribution in [1.29, 1.82) is 0 Å². The molecule has 4 rings (SSSR count). The van der Waals surface area contributed by atoms with Crippen LogP contribution in [0, 0.1) is 0 Å². The summed E-state index contributed by atoms with van der Waals surface area (Å²) >= 11 is 0. The normalized spacial score (nSPS) is 17.3. The molecule has 0 aliphatic carbocycles. The van der Waals surface area contributed by atoms with Crippen LogP contribution in [-0.2, 0) is 0 Å². The predicted octanol–water partition coefficient (Wildman–Crippen LogP) is 3.50. The summed E-state index contributed by atoms with van der Waals surface area (Å²) in [6, 6.07) is 18.5. The smallest absolute Gasteiger partial charge is 0.260 e. The molecule has 7 heteroatoms. The topological polar surface area (TPSA) is 57.4 Å². The molecule has 0 spiro atoms. The molecule has 1 saturated heterocycles. The Morgan fingerprint density at radius 2 is 1.85 bits per heavy atom. The molecule has 1 aromatic heterocycles. The molecule has 2 heterocycles. The molecule has 2 aromatic carbocycles. The van der Waals surface area contributed by atoms with Gasteiger partial charge in [-0.1, -0.05) is 35.5 Å². The second-order valence-corrected chi connectivity index (χ2v) is 6.57. The minimum atomic E-state index is 0. The highest BCUT2D eigenvalue weighted by Crippen LogP contribution is 2.33. The van der Waals surface area contributed by atoms with Gasteiger partial charge in [-0.3, -0.25) is 4.90 Å². The van der Waals surface area contributed by atoms with Crippen LogP contribution in [0.25, 0.3) is 11.5 Å². The quantitative estimate of drug-likeness (QED) is 0.741. The van der Waals surface area contributed by atoms with Crippen molar-refractivity contribution < 1.29 is 4.52 Å². The van der Waals surface area contributed by atoms with Gasteiger partial charge in [0.1, 0.15) is 0 Å². The molecule has 3 aromatic rings. The van der Waals surface area contributed by atoms with Crippen molar-refractivity contribution in [3.8, 4) is 11.5 Å². The Hall–Kier alpha value is -2.41. The highest BCUT2D eigenvalue weighted by atomic mass is 35.5. The standard InChI is InChI=1S/C20H23N5O.ClH/c1-24-13-12-21-14-18(24)19-22-20(26-23-19)16-10-6-7-11-17(16)25(2)15-8-4-3-5-9-15;/h3-11,18,21H,12-14H2,1-2H3;1H. The van der Waals surface area contributed by atoms with Crippen LogP contribution in [0.15, 0.2) is 59.1 Å². The van der Waals surface area contributed by atoms with Gasteiger partial charge in [0.25, 0.3) is 5.89 Å². The lowest BCUT2D eigenvalue weighted by Crippen LogP contribution is -2.44. The largest absolute Gasteiger partial charge is 0.344 e. The van der Waals surface area contributed by atoms with Crippen LogP contribution in [0.2, 0.25) is 0 Å². The fourth-order valence-corrected chi connectivity index (χ4v) is 3.31. The number of nitrogens with zero attached hydrogens (tertiary/aromatic N) is 4. The second-order valence-electron chi connectivity index (χ2n) is 6.57. The summed E-state index contributed by atoms with van der Waals surface area (Å²) in [6.45, 7) is 2.80. The number of rotatable bonds is 4. The lowest BCUT2D eigenvalue weighted by molar-refractivity contribution is 0.190. The SMILES string of the molecule is CN(c1ccccc1)c1ccccc1-c1nc(C2CNCCN2C)no1.Cl. The molecule has 0 amide bonds. The van der Waals surface area contributed by atoms with E-state index in [2.05, 4.69) is 45.5 Å². The molecular formula is C20H24ClN5O. The molecule has 1 aliphatic rings. The second kappa shape index (κ2) is 8.52. The van der Waals surface area contributed by atoms with E-state index in [1.807, 2.05) is 43.4 Å². The molecule has 0 saturated carbocycles. The van der Waals surface area contributed by atoms with Crippen molar-refractivity contribution in [2.75, 3.05) is 38.6 Å². The Bertz CT molecular complexity index is 870. The van der Waals surface area contributed by atoms with Crippen molar-refractivity contribution in [3.63, 3.8) is 0 Å². The molecular weight excluding hydrogens is 362 g/mol.